The number of carbonyl (C=O) groups is 1. The zero-order valence-electron chi connectivity index (χ0n) is 10.1. The summed E-state index contributed by atoms with van der Waals surface area (Å²) in [5, 5.41) is 3.00. The lowest BCUT2D eigenvalue weighted by Gasteiger charge is -2.19. The third-order valence-corrected chi connectivity index (χ3v) is 2.23. The van der Waals surface area contributed by atoms with Crippen LogP contribution in [0.25, 0.3) is 0 Å². The average molecular weight is 222 g/mol. The van der Waals surface area contributed by atoms with Gasteiger partial charge in [0.25, 0.3) is 0 Å². The summed E-state index contributed by atoms with van der Waals surface area (Å²) in [6.07, 6.45) is 0. The summed E-state index contributed by atoms with van der Waals surface area (Å²) in [6.45, 7) is 3.66. The van der Waals surface area contributed by atoms with Gasteiger partial charge in [-0.15, -0.1) is 0 Å². The Morgan fingerprint density at radius 3 is 2.69 bits per heavy atom. The standard InChI is InChI=1S/C11H18N4O/c1-7-5-6-9(12)10(13-7)14-8(2)11(16)15(3)4/h5-6,8H,12H2,1-4H3,(H,13,14). The molecule has 1 aromatic heterocycles. The van der Waals surface area contributed by atoms with Gasteiger partial charge in [-0.25, -0.2) is 4.98 Å². The van der Waals surface area contributed by atoms with Gasteiger partial charge >= 0.3 is 0 Å². The summed E-state index contributed by atoms with van der Waals surface area (Å²) in [5.41, 5.74) is 7.17. The number of likely N-dealkylation sites (N-methyl/N-ethyl adjacent to an activating group) is 1. The van der Waals surface area contributed by atoms with Crippen LogP contribution in [0.2, 0.25) is 0 Å². The van der Waals surface area contributed by atoms with E-state index in [1.54, 1.807) is 27.1 Å². The highest BCUT2D eigenvalue weighted by Crippen LogP contribution is 2.16. The van der Waals surface area contributed by atoms with Gasteiger partial charge in [-0.1, -0.05) is 0 Å². The number of pyridine rings is 1. The zero-order valence-corrected chi connectivity index (χ0v) is 10.1. The number of anilines is 2. The molecule has 3 N–H and O–H groups in total. The van der Waals surface area contributed by atoms with E-state index in [1.165, 1.54) is 4.90 Å². The molecular formula is C11H18N4O. The van der Waals surface area contributed by atoms with Gasteiger partial charge in [0.05, 0.1) is 5.69 Å². The fourth-order valence-electron chi connectivity index (χ4n) is 1.34. The SMILES string of the molecule is Cc1ccc(N)c(NC(C)C(=O)N(C)C)n1. The van der Waals surface area contributed by atoms with Crippen LogP contribution in [0, 0.1) is 6.92 Å². The Kier molecular flexibility index (Phi) is 3.71. The van der Waals surface area contributed by atoms with Crippen LogP contribution in [0.4, 0.5) is 11.5 Å². The monoisotopic (exact) mass is 222 g/mol. The first-order valence-electron chi connectivity index (χ1n) is 5.12. The van der Waals surface area contributed by atoms with Gasteiger partial charge in [0.15, 0.2) is 0 Å². The van der Waals surface area contributed by atoms with Gasteiger partial charge in [-0.2, -0.15) is 0 Å². The van der Waals surface area contributed by atoms with E-state index >= 15 is 0 Å². The van der Waals surface area contributed by atoms with E-state index in [2.05, 4.69) is 10.3 Å². The molecule has 0 aromatic carbocycles. The third kappa shape index (κ3) is 2.85. The molecule has 1 aromatic rings. The molecule has 16 heavy (non-hydrogen) atoms. The van der Waals surface area contributed by atoms with Crippen molar-refractivity contribution in [1.82, 2.24) is 9.88 Å². The molecule has 0 bridgehead atoms. The van der Waals surface area contributed by atoms with E-state index in [0.29, 0.717) is 11.5 Å². The summed E-state index contributed by atoms with van der Waals surface area (Å²) in [7, 11) is 3.43. The average Bonchev–Trinajstić information content (AvgIpc) is 2.22. The number of hydrogen-bond donors (Lipinski definition) is 2. The van der Waals surface area contributed by atoms with Crippen LogP contribution < -0.4 is 11.1 Å². The topological polar surface area (TPSA) is 71.2 Å². The number of aryl methyl sites for hydroxylation is 1. The molecule has 0 saturated carbocycles. The number of nitrogens with one attached hydrogen (secondary N) is 1. The van der Waals surface area contributed by atoms with E-state index in [-0.39, 0.29) is 11.9 Å². The van der Waals surface area contributed by atoms with Crippen LogP contribution in [-0.2, 0) is 4.79 Å². The Balaban J connectivity index is 2.80. The van der Waals surface area contributed by atoms with E-state index < -0.39 is 0 Å². The van der Waals surface area contributed by atoms with Gasteiger partial charge in [0.1, 0.15) is 11.9 Å². The molecule has 1 amide bonds. The second-order valence-electron chi connectivity index (χ2n) is 3.99. The lowest BCUT2D eigenvalue weighted by molar-refractivity contribution is -0.129. The lowest BCUT2D eigenvalue weighted by Crippen LogP contribution is -2.37. The Morgan fingerprint density at radius 1 is 1.50 bits per heavy atom. The molecule has 5 nitrogen and oxygen atoms in total. The molecule has 0 aliphatic rings. The fourth-order valence-corrected chi connectivity index (χ4v) is 1.34. The molecule has 0 radical (unpaired) electrons. The first-order valence-corrected chi connectivity index (χ1v) is 5.12. The van der Waals surface area contributed by atoms with Crippen molar-refractivity contribution in [2.45, 2.75) is 19.9 Å². The summed E-state index contributed by atoms with van der Waals surface area (Å²) in [4.78, 5) is 17.4. The molecule has 0 fully saturated rings. The second kappa shape index (κ2) is 4.83. The van der Waals surface area contributed by atoms with Crippen LogP contribution in [0.1, 0.15) is 12.6 Å². The van der Waals surface area contributed by atoms with Crippen molar-refractivity contribution in [3.05, 3.63) is 17.8 Å². The lowest BCUT2D eigenvalue weighted by atomic mass is 10.2. The van der Waals surface area contributed by atoms with Crippen molar-refractivity contribution in [1.29, 1.82) is 0 Å². The maximum Gasteiger partial charge on any atom is 0.244 e. The predicted molar refractivity (Wildman–Crippen MR) is 65.2 cm³/mol. The van der Waals surface area contributed by atoms with Crippen molar-refractivity contribution in [3.63, 3.8) is 0 Å². The minimum atomic E-state index is -0.341. The molecule has 0 saturated heterocycles. The van der Waals surface area contributed by atoms with E-state index in [9.17, 15) is 4.79 Å². The largest absolute Gasteiger partial charge is 0.396 e. The number of rotatable bonds is 3. The number of carbonyl (C=O) groups excluding carboxylic acids is 1. The number of amides is 1. The second-order valence-corrected chi connectivity index (χ2v) is 3.99. The van der Waals surface area contributed by atoms with E-state index in [4.69, 9.17) is 5.73 Å². The van der Waals surface area contributed by atoms with Crippen LogP contribution in [0.5, 0.6) is 0 Å². The van der Waals surface area contributed by atoms with Crippen molar-refractivity contribution >= 4 is 17.4 Å². The Labute approximate surface area is 95.7 Å². The summed E-state index contributed by atoms with van der Waals surface area (Å²) in [6, 6.07) is 3.27. The molecule has 1 atom stereocenters. The molecular weight excluding hydrogens is 204 g/mol. The van der Waals surface area contributed by atoms with Gasteiger partial charge in [0.2, 0.25) is 5.91 Å². The summed E-state index contributed by atoms with van der Waals surface area (Å²) < 4.78 is 0. The Hall–Kier alpha value is -1.78. The Morgan fingerprint density at radius 2 is 2.12 bits per heavy atom. The molecule has 0 spiro atoms. The van der Waals surface area contributed by atoms with Crippen LogP contribution >= 0.6 is 0 Å². The number of nitrogens with two attached hydrogens (primary N) is 1. The maximum absolute atomic E-state index is 11.6. The predicted octanol–water partition coefficient (Wildman–Crippen LogP) is 0.861. The third-order valence-electron chi connectivity index (χ3n) is 2.23. The number of nitrogens with zero attached hydrogens (tertiary/aromatic N) is 2. The maximum atomic E-state index is 11.6. The number of aromatic nitrogens is 1. The quantitative estimate of drug-likeness (QED) is 0.795. The van der Waals surface area contributed by atoms with Crippen LogP contribution in [-0.4, -0.2) is 35.9 Å². The zero-order chi connectivity index (χ0) is 12.3. The highest BCUT2D eigenvalue weighted by molar-refractivity contribution is 5.84. The molecule has 1 unspecified atom stereocenters. The molecule has 1 heterocycles. The van der Waals surface area contributed by atoms with Gasteiger partial charge in [0, 0.05) is 19.8 Å². The molecule has 5 heteroatoms. The summed E-state index contributed by atoms with van der Waals surface area (Å²) >= 11 is 0. The smallest absolute Gasteiger partial charge is 0.244 e. The molecule has 88 valence electrons. The number of hydrogen-bond acceptors (Lipinski definition) is 4. The van der Waals surface area contributed by atoms with Crippen LogP contribution in [0.3, 0.4) is 0 Å². The fraction of sp³-hybridized carbons (Fsp3) is 0.455. The normalized spacial score (nSPS) is 12.0. The molecule has 0 aliphatic carbocycles. The van der Waals surface area contributed by atoms with E-state index in [0.717, 1.165) is 5.69 Å². The summed E-state index contributed by atoms with van der Waals surface area (Å²) in [5.74, 6) is 0.547. The van der Waals surface area contributed by atoms with Crippen LogP contribution in [0.15, 0.2) is 12.1 Å². The van der Waals surface area contributed by atoms with Crippen molar-refractivity contribution in [2.75, 3.05) is 25.1 Å². The minimum absolute atomic E-state index is 0.0114. The van der Waals surface area contributed by atoms with Crippen molar-refractivity contribution in [3.8, 4) is 0 Å². The minimum Gasteiger partial charge on any atom is -0.396 e. The van der Waals surface area contributed by atoms with Gasteiger partial charge in [-0.3, -0.25) is 4.79 Å². The molecule has 1 rings (SSSR count). The van der Waals surface area contributed by atoms with Gasteiger partial charge in [-0.05, 0) is 26.0 Å². The highest BCUT2D eigenvalue weighted by atomic mass is 16.2. The van der Waals surface area contributed by atoms with Crippen molar-refractivity contribution < 1.29 is 4.79 Å². The highest BCUT2D eigenvalue weighted by Gasteiger charge is 2.15. The van der Waals surface area contributed by atoms with Gasteiger partial charge < -0.3 is 16.0 Å². The molecule has 0 aliphatic heterocycles. The first-order chi connectivity index (χ1) is 7.41. The van der Waals surface area contributed by atoms with Crippen molar-refractivity contribution in [2.24, 2.45) is 0 Å². The Bertz CT molecular complexity index is 390. The first kappa shape index (κ1) is 12.3. The van der Waals surface area contributed by atoms with E-state index in [1.807, 2.05) is 13.0 Å². The number of nitrogen functional groups attached to an aromatic ring is 1.